The van der Waals surface area contributed by atoms with Crippen LogP contribution in [0.5, 0.6) is 0 Å². The number of Topliss-reactive ketones (excluding diaryl/α,β-unsaturated/α-hetero) is 1. The summed E-state index contributed by atoms with van der Waals surface area (Å²) in [5.74, 6) is 0.0891. The van der Waals surface area contributed by atoms with E-state index in [9.17, 15) is 4.79 Å². The van der Waals surface area contributed by atoms with E-state index in [-0.39, 0.29) is 11.8 Å². The molecule has 0 unspecified atom stereocenters. The number of hydrogen-bond donors (Lipinski definition) is 1. The van der Waals surface area contributed by atoms with E-state index in [1.807, 2.05) is 19.1 Å². The quantitative estimate of drug-likeness (QED) is 0.677. The van der Waals surface area contributed by atoms with Gasteiger partial charge in [-0.1, -0.05) is 24.3 Å². The summed E-state index contributed by atoms with van der Waals surface area (Å²) in [5.41, 5.74) is 7.45. The van der Waals surface area contributed by atoms with Gasteiger partial charge in [-0.15, -0.1) is 0 Å². The number of rotatable bonds is 2. The molecular weight excluding hydrogens is 150 g/mol. The van der Waals surface area contributed by atoms with Crippen LogP contribution in [0.25, 0.3) is 0 Å². The zero-order valence-corrected chi connectivity index (χ0v) is 7.37. The lowest BCUT2D eigenvalue weighted by atomic mass is 10.1. The second-order valence-corrected chi connectivity index (χ2v) is 2.97. The molecule has 0 bridgehead atoms. The Labute approximate surface area is 72.4 Å². The van der Waals surface area contributed by atoms with Crippen molar-refractivity contribution < 1.29 is 4.79 Å². The van der Waals surface area contributed by atoms with E-state index in [0.29, 0.717) is 0 Å². The van der Waals surface area contributed by atoms with Crippen molar-refractivity contribution in [3.05, 3.63) is 35.4 Å². The smallest absolute Gasteiger partial charge is 0.159 e. The predicted molar refractivity (Wildman–Crippen MR) is 49.0 cm³/mol. The minimum absolute atomic E-state index is 0.0333. The van der Waals surface area contributed by atoms with Crippen LogP contribution in [-0.4, -0.2) is 5.78 Å². The van der Waals surface area contributed by atoms with Gasteiger partial charge >= 0.3 is 0 Å². The summed E-state index contributed by atoms with van der Waals surface area (Å²) in [6.45, 7) is 3.48. The fourth-order valence-electron chi connectivity index (χ4n) is 1.02. The van der Waals surface area contributed by atoms with Gasteiger partial charge in [-0.2, -0.15) is 0 Å². The molecule has 0 amide bonds. The van der Waals surface area contributed by atoms with Crippen molar-refractivity contribution >= 4 is 5.78 Å². The van der Waals surface area contributed by atoms with Gasteiger partial charge in [-0.25, -0.2) is 0 Å². The normalized spacial score (nSPS) is 12.6. The lowest BCUT2D eigenvalue weighted by Crippen LogP contribution is -2.05. The number of benzene rings is 1. The van der Waals surface area contributed by atoms with Crippen LogP contribution < -0.4 is 5.73 Å². The van der Waals surface area contributed by atoms with E-state index >= 15 is 0 Å². The zero-order chi connectivity index (χ0) is 9.14. The van der Waals surface area contributed by atoms with Crippen LogP contribution in [0.15, 0.2) is 24.3 Å². The highest BCUT2D eigenvalue weighted by Gasteiger charge is 2.00. The van der Waals surface area contributed by atoms with Crippen molar-refractivity contribution in [2.75, 3.05) is 0 Å². The van der Waals surface area contributed by atoms with Crippen LogP contribution in [0.1, 0.15) is 35.8 Å². The van der Waals surface area contributed by atoms with Crippen LogP contribution in [0, 0.1) is 0 Å². The average Bonchev–Trinajstić information content (AvgIpc) is 2.04. The molecule has 0 aliphatic rings. The number of ketones is 1. The maximum atomic E-state index is 10.9. The zero-order valence-electron chi connectivity index (χ0n) is 7.37. The molecule has 12 heavy (non-hydrogen) atoms. The topological polar surface area (TPSA) is 43.1 Å². The summed E-state index contributed by atoms with van der Waals surface area (Å²) in [6.07, 6.45) is 0. The fraction of sp³-hybridized carbons (Fsp3) is 0.300. The number of nitrogens with two attached hydrogens (primary N) is 1. The first-order valence-electron chi connectivity index (χ1n) is 3.97. The van der Waals surface area contributed by atoms with Crippen LogP contribution in [0.3, 0.4) is 0 Å². The Kier molecular flexibility index (Phi) is 2.61. The Morgan fingerprint density at radius 1 is 1.33 bits per heavy atom. The minimum Gasteiger partial charge on any atom is -0.324 e. The maximum Gasteiger partial charge on any atom is 0.159 e. The molecule has 0 radical (unpaired) electrons. The predicted octanol–water partition coefficient (Wildman–Crippen LogP) is 1.91. The molecule has 2 nitrogen and oxygen atoms in total. The molecule has 1 aromatic rings. The number of carbonyl (C=O) groups excluding carboxylic acids is 1. The molecule has 0 saturated heterocycles. The lowest BCUT2D eigenvalue weighted by Gasteiger charge is -2.04. The lowest BCUT2D eigenvalue weighted by molar-refractivity contribution is 0.101. The molecule has 1 aromatic carbocycles. The molecule has 2 N–H and O–H groups in total. The van der Waals surface area contributed by atoms with E-state index in [1.165, 1.54) is 0 Å². The van der Waals surface area contributed by atoms with Gasteiger partial charge in [0.1, 0.15) is 0 Å². The third-order valence-electron chi connectivity index (χ3n) is 1.84. The van der Waals surface area contributed by atoms with Crippen LogP contribution in [0.2, 0.25) is 0 Å². The van der Waals surface area contributed by atoms with Crippen molar-refractivity contribution in [1.29, 1.82) is 0 Å². The minimum atomic E-state index is 0.0333. The van der Waals surface area contributed by atoms with Gasteiger partial charge in [0.25, 0.3) is 0 Å². The Bertz CT molecular complexity index is 274. The van der Waals surface area contributed by atoms with Gasteiger partial charge in [0.15, 0.2) is 5.78 Å². The van der Waals surface area contributed by atoms with Gasteiger partial charge in [-0.3, -0.25) is 4.79 Å². The number of carbonyl (C=O) groups is 1. The monoisotopic (exact) mass is 163 g/mol. The molecule has 2 heteroatoms. The highest BCUT2D eigenvalue weighted by Crippen LogP contribution is 2.10. The summed E-state index contributed by atoms with van der Waals surface area (Å²) in [6, 6.07) is 7.43. The molecule has 0 heterocycles. The summed E-state index contributed by atoms with van der Waals surface area (Å²) >= 11 is 0. The molecule has 0 aliphatic carbocycles. The second-order valence-electron chi connectivity index (χ2n) is 2.97. The molecule has 1 rings (SSSR count). The Morgan fingerprint density at radius 2 is 1.83 bits per heavy atom. The summed E-state index contributed by atoms with van der Waals surface area (Å²) in [4.78, 5) is 10.9. The van der Waals surface area contributed by atoms with Crippen molar-refractivity contribution in [3.8, 4) is 0 Å². The fourth-order valence-corrected chi connectivity index (χ4v) is 1.02. The van der Waals surface area contributed by atoms with E-state index in [2.05, 4.69) is 0 Å². The Morgan fingerprint density at radius 3 is 2.17 bits per heavy atom. The molecule has 0 fully saturated rings. The number of hydrogen-bond acceptors (Lipinski definition) is 2. The average molecular weight is 163 g/mol. The van der Waals surface area contributed by atoms with Crippen LogP contribution in [-0.2, 0) is 0 Å². The van der Waals surface area contributed by atoms with Crippen molar-refractivity contribution in [2.24, 2.45) is 5.73 Å². The van der Waals surface area contributed by atoms with Crippen LogP contribution >= 0.6 is 0 Å². The highest BCUT2D eigenvalue weighted by molar-refractivity contribution is 5.94. The van der Waals surface area contributed by atoms with E-state index in [4.69, 9.17) is 5.73 Å². The van der Waals surface area contributed by atoms with Crippen molar-refractivity contribution in [3.63, 3.8) is 0 Å². The first kappa shape index (κ1) is 8.94. The largest absolute Gasteiger partial charge is 0.324 e. The molecule has 0 saturated carbocycles. The standard InChI is InChI=1S/C10H13NO/c1-7(11)9-3-5-10(6-4-9)8(2)12/h3-7H,11H2,1-2H3/t7-/m1/s1. The molecule has 64 valence electrons. The van der Waals surface area contributed by atoms with E-state index in [0.717, 1.165) is 11.1 Å². The Hall–Kier alpha value is -1.15. The van der Waals surface area contributed by atoms with Crippen LogP contribution in [0.4, 0.5) is 0 Å². The van der Waals surface area contributed by atoms with E-state index < -0.39 is 0 Å². The SMILES string of the molecule is CC(=O)c1ccc([C@@H](C)N)cc1. The highest BCUT2D eigenvalue weighted by atomic mass is 16.1. The molecule has 0 aliphatic heterocycles. The molecule has 1 atom stereocenters. The van der Waals surface area contributed by atoms with Gasteiger partial charge in [-0.05, 0) is 19.4 Å². The molecule has 0 aromatic heterocycles. The Balaban J connectivity index is 2.93. The maximum absolute atomic E-state index is 10.9. The van der Waals surface area contributed by atoms with Crippen molar-refractivity contribution in [1.82, 2.24) is 0 Å². The summed E-state index contributed by atoms with van der Waals surface area (Å²) in [7, 11) is 0. The second kappa shape index (κ2) is 3.50. The van der Waals surface area contributed by atoms with Gasteiger partial charge in [0, 0.05) is 11.6 Å². The summed E-state index contributed by atoms with van der Waals surface area (Å²) < 4.78 is 0. The molecule has 0 spiro atoms. The van der Waals surface area contributed by atoms with Crippen molar-refractivity contribution in [2.45, 2.75) is 19.9 Å². The first-order valence-corrected chi connectivity index (χ1v) is 3.97. The van der Waals surface area contributed by atoms with Gasteiger partial charge < -0.3 is 5.73 Å². The third kappa shape index (κ3) is 1.92. The van der Waals surface area contributed by atoms with E-state index in [1.54, 1.807) is 19.1 Å². The first-order chi connectivity index (χ1) is 5.61. The third-order valence-corrected chi connectivity index (χ3v) is 1.84. The molecular formula is C10H13NO. The van der Waals surface area contributed by atoms with Gasteiger partial charge in [0.2, 0.25) is 0 Å². The summed E-state index contributed by atoms with van der Waals surface area (Å²) in [5, 5.41) is 0. The van der Waals surface area contributed by atoms with Gasteiger partial charge in [0.05, 0.1) is 0 Å².